The maximum absolute atomic E-state index is 13.0. The van der Waals surface area contributed by atoms with Crippen molar-refractivity contribution in [2.75, 3.05) is 13.6 Å². The maximum Gasteiger partial charge on any atom is 0.328 e. The van der Waals surface area contributed by atoms with Crippen LogP contribution in [-0.2, 0) is 4.79 Å². The Balaban J connectivity index is 1.69. The van der Waals surface area contributed by atoms with E-state index in [1.807, 2.05) is 36.2 Å². The van der Waals surface area contributed by atoms with Gasteiger partial charge in [0.05, 0.1) is 6.04 Å². The molecule has 3 aliphatic heterocycles. The van der Waals surface area contributed by atoms with E-state index in [1.165, 1.54) is 9.80 Å². The molecule has 1 aromatic carbocycles. The van der Waals surface area contributed by atoms with Gasteiger partial charge < -0.3 is 14.7 Å². The summed E-state index contributed by atoms with van der Waals surface area (Å²) in [5.41, 5.74) is 2.18. The number of nitrogens with zero attached hydrogens (tertiary/aromatic N) is 5. The molecule has 4 rings (SSSR count). The Morgan fingerprint density at radius 1 is 1.26 bits per heavy atom. The Kier molecular flexibility index (Phi) is 4.02. The number of aliphatic imine (C=N–C) groups is 1. The van der Waals surface area contributed by atoms with Gasteiger partial charge >= 0.3 is 6.03 Å². The van der Waals surface area contributed by atoms with Crippen LogP contribution in [0.5, 0.6) is 0 Å². The molecule has 0 saturated carbocycles. The van der Waals surface area contributed by atoms with Gasteiger partial charge in [0.2, 0.25) is 5.96 Å². The van der Waals surface area contributed by atoms with Crippen molar-refractivity contribution in [2.24, 2.45) is 4.99 Å². The van der Waals surface area contributed by atoms with Crippen molar-refractivity contribution in [2.45, 2.75) is 32.1 Å². The second-order valence-corrected chi connectivity index (χ2v) is 7.05. The molecule has 27 heavy (non-hydrogen) atoms. The average Bonchev–Trinajstić information content (AvgIpc) is 3.18. The first kappa shape index (κ1) is 17.3. The van der Waals surface area contributed by atoms with Crippen molar-refractivity contribution in [1.82, 2.24) is 19.6 Å². The number of allylic oxidation sites excluding steroid dienone is 1. The molecule has 0 bridgehead atoms. The van der Waals surface area contributed by atoms with Gasteiger partial charge in [-0.1, -0.05) is 36.4 Å². The van der Waals surface area contributed by atoms with Crippen molar-refractivity contribution < 1.29 is 9.59 Å². The minimum Gasteiger partial charge on any atom is -0.308 e. The van der Waals surface area contributed by atoms with Crippen LogP contribution in [0.15, 0.2) is 59.9 Å². The van der Waals surface area contributed by atoms with Gasteiger partial charge in [0.15, 0.2) is 12.2 Å². The van der Waals surface area contributed by atoms with Crippen LogP contribution in [0.2, 0.25) is 0 Å². The molecular formula is C20H23N5O2. The van der Waals surface area contributed by atoms with E-state index in [2.05, 4.69) is 30.5 Å². The summed E-state index contributed by atoms with van der Waals surface area (Å²) in [6, 6.07) is 9.36. The minimum atomic E-state index is -0.537. The number of rotatable bonds is 4. The number of guanidine groups is 1. The molecule has 0 spiro atoms. The first-order chi connectivity index (χ1) is 13.0. The molecule has 3 atom stereocenters. The molecule has 7 heteroatoms. The fraction of sp³-hybridized carbons (Fsp3) is 0.350. The lowest BCUT2D eigenvalue weighted by atomic mass is 10.1. The summed E-state index contributed by atoms with van der Waals surface area (Å²) in [7, 11) is 1.69. The summed E-state index contributed by atoms with van der Waals surface area (Å²) in [5, 5.41) is 0. The summed E-state index contributed by atoms with van der Waals surface area (Å²) in [4.78, 5) is 37.1. The van der Waals surface area contributed by atoms with Crippen molar-refractivity contribution in [3.8, 4) is 0 Å². The molecule has 1 saturated heterocycles. The normalized spacial score (nSPS) is 25.3. The summed E-state index contributed by atoms with van der Waals surface area (Å²) in [6.45, 7) is 7.98. The summed E-state index contributed by atoms with van der Waals surface area (Å²) >= 11 is 0. The quantitative estimate of drug-likeness (QED) is 0.769. The monoisotopic (exact) mass is 365 g/mol. The van der Waals surface area contributed by atoms with Crippen molar-refractivity contribution in [1.29, 1.82) is 0 Å². The lowest BCUT2D eigenvalue weighted by Gasteiger charge is -2.39. The summed E-state index contributed by atoms with van der Waals surface area (Å²) in [6.07, 6.45) is 3.00. The number of hydrogen-bond acceptors (Lipinski definition) is 5. The van der Waals surface area contributed by atoms with E-state index >= 15 is 0 Å². The van der Waals surface area contributed by atoms with Gasteiger partial charge in [-0.05, 0) is 19.4 Å². The number of benzene rings is 1. The fourth-order valence-corrected chi connectivity index (χ4v) is 4.03. The Morgan fingerprint density at radius 3 is 2.63 bits per heavy atom. The van der Waals surface area contributed by atoms with Crippen molar-refractivity contribution in [3.63, 3.8) is 0 Å². The highest BCUT2D eigenvalue weighted by atomic mass is 16.2. The second kappa shape index (κ2) is 6.26. The predicted octanol–water partition coefficient (Wildman–Crippen LogP) is 2.37. The zero-order valence-electron chi connectivity index (χ0n) is 15.7. The second-order valence-electron chi connectivity index (χ2n) is 7.05. The molecule has 0 N–H and O–H groups in total. The zero-order valence-corrected chi connectivity index (χ0v) is 15.7. The molecule has 1 fully saturated rings. The highest BCUT2D eigenvalue weighted by Gasteiger charge is 2.54. The van der Waals surface area contributed by atoms with Gasteiger partial charge in [0.25, 0.3) is 5.91 Å². The highest BCUT2D eigenvalue weighted by Crippen LogP contribution is 2.38. The molecule has 3 unspecified atom stereocenters. The molecule has 0 radical (unpaired) electrons. The van der Waals surface area contributed by atoms with Gasteiger partial charge in [0.1, 0.15) is 0 Å². The number of fused-ring (bicyclic) bond motifs is 3. The lowest BCUT2D eigenvalue weighted by Crippen LogP contribution is -2.64. The third-order valence-corrected chi connectivity index (χ3v) is 5.41. The van der Waals surface area contributed by atoms with Gasteiger partial charge in [-0.3, -0.25) is 9.69 Å². The lowest BCUT2D eigenvalue weighted by molar-refractivity contribution is -0.136. The molecule has 3 aliphatic rings. The van der Waals surface area contributed by atoms with Gasteiger partial charge in [0, 0.05) is 25.5 Å². The number of imide groups is 1. The number of amides is 3. The van der Waals surface area contributed by atoms with E-state index < -0.39 is 12.2 Å². The fourth-order valence-electron chi connectivity index (χ4n) is 4.03. The van der Waals surface area contributed by atoms with Gasteiger partial charge in [-0.25, -0.2) is 9.79 Å². The number of carbonyl (C=O) groups is 2. The average molecular weight is 365 g/mol. The zero-order chi connectivity index (χ0) is 19.3. The molecule has 140 valence electrons. The van der Waals surface area contributed by atoms with Gasteiger partial charge in [-0.2, -0.15) is 0 Å². The third kappa shape index (κ3) is 2.45. The molecule has 3 heterocycles. The minimum absolute atomic E-state index is 0.0618. The number of likely N-dealkylation sites (N-methyl/N-ethyl adjacent to an activating group) is 1. The van der Waals surface area contributed by atoms with E-state index in [1.54, 1.807) is 13.1 Å². The largest absolute Gasteiger partial charge is 0.328 e. The van der Waals surface area contributed by atoms with Crippen LogP contribution < -0.4 is 0 Å². The molecular weight excluding hydrogens is 342 g/mol. The van der Waals surface area contributed by atoms with Gasteiger partial charge in [-0.15, -0.1) is 6.58 Å². The third-order valence-electron chi connectivity index (χ3n) is 5.41. The number of urea groups is 1. The van der Waals surface area contributed by atoms with Crippen molar-refractivity contribution >= 4 is 17.9 Å². The standard InChI is InChI=1S/C20H23N5O2/c1-5-11-23-18(26)16-17(22(4)20(23)27)21-19-24(16)12-13(2)25(19)14(3)15-9-7-6-8-10-15/h5-10,12,14,16-17H,1,11H2,2-4H3. The topological polar surface area (TPSA) is 59.5 Å². The van der Waals surface area contributed by atoms with E-state index in [0.717, 1.165) is 11.3 Å². The Morgan fingerprint density at radius 2 is 1.96 bits per heavy atom. The first-order valence-electron chi connectivity index (χ1n) is 9.03. The van der Waals surface area contributed by atoms with Crippen LogP contribution in [0.25, 0.3) is 0 Å². The van der Waals surface area contributed by atoms with E-state index in [0.29, 0.717) is 5.96 Å². The van der Waals surface area contributed by atoms with Crippen LogP contribution in [0.4, 0.5) is 4.79 Å². The van der Waals surface area contributed by atoms with E-state index in [9.17, 15) is 9.59 Å². The Hall–Kier alpha value is -3.09. The number of hydrogen-bond donors (Lipinski definition) is 0. The summed E-state index contributed by atoms with van der Waals surface area (Å²) < 4.78 is 0. The molecule has 3 amide bonds. The van der Waals surface area contributed by atoms with Crippen LogP contribution in [0.1, 0.15) is 25.5 Å². The van der Waals surface area contributed by atoms with Crippen LogP contribution in [-0.4, -0.2) is 63.3 Å². The van der Waals surface area contributed by atoms with E-state index in [-0.39, 0.29) is 24.5 Å². The molecule has 1 aromatic rings. The van der Waals surface area contributed by atoms with Crippen molar-refractivity contribution in [3.05, 3.63) is 60.4 Å². The highest BCUT2D eigenvalue weighted by molar-refractivity contribution is 6.05. The number of carbonyl (C=O) groups excluding carboxylic acids is 2. The van der Waals surface area contributed by atoms with Crippen LogP contribution in [0, 0.1) is 0 Å². The Bertz CT molecular complexity index is 862. The van der Waals surface area contributed by atoms with Crippen LogP contribution >= 0.6 is 0 Å². The molecule has 0 aliphatic carbocycles. The smallest absolute Gasteiger partial charge is 0.308 e. The SMILES string of the molecule is C=CCN1C(=O)C2C(N=C3N2C=C(C)N3C(C)c2ccccc2)N(C)C1=O. The maximum atomic E-state index is 13.0. The first-order valence-corrected chi connectivity index (χ1v) is 9.03. The summed E-state index contributed by atoms with van der Waals surface area (Å²) in [5.74, 6) is 0.479. The molecule has 0 aromatic heterocycles. The van der Waals surface area contributed by atoms with Crippen LogP contribution in [0.3, 0.4) is 0 Å². The Labute approximate surface area is 158 Å². The van der Waals surface area contributed by atoms with E-state index in [4.69, 9.17) is 4.99 Å². The predicted molar refractivity (Wildman–Crippen MR) is 102 cm³/mol. The molecule has 7 nitrogen and oxygen atoms in total.